The summed E-state index contributed by atoms with van der Waals surface area (Å²) in [5.41, 5.74) is 2.76. The van der Waals surface area contributed by atoms with Crippen LogP contribution in [0.4, 0.5) is 0 Å². The van der Waals surface area contributed by atoms with Crippen LogP contribution in [0.15, 0.2) is 96.0 Å². The van der Waals surface area contributed by atoms with Crippen LogP contribution in [-0.2, 0) is 10.0 Å². The van der Waals surface area contributed by atoms with Gasteiger partial charge in [0.1, 0.15) is 17.3 Å². The Hall–Kier alpha value is -3.26. The van der Waals surface area contributed by atoms with Crippen LogP contribution in [0.25, 0.3) is 22.0 Å². The smallest absolute Gasteiger partial charge is 0.242 e. The third-order valence-corrected chi connectivity index (χ3v) is 8.25. The Bertz CT molecular complexity index is 1400. The van der Waals surface area contributed by atoms with Gasteiger partial charge in [-0.05, 0) is 55.6 Å². The van der Waals surface area contributed by atoms with E-state index in [0.717, 1.165) is 54.7 Å². The molecule has 1 aliphatic heterocycles. The molecule has 0 radical (unpaired) electrons. The minimum atomic E-state index is -3.62. The van der Waals surface area contributed by atoms with Crippen molar-refractivity contribution < 1.29 is 13.2 Å². The normalized spacial score (nSPS) is 15.2. The molecular formula is C29H31N3O3S. The maximum atomic E-state index is 13.0. The van der Waals surface area contributed by atoms with Crippen LogP contribution in [-0.4, -0.2) is 51.1 Å². The molecule has 1 aromatic heterocycles. The molecule has 1 saturated heterocycles. The lowest BCUT2D eigenvalue weighted by Crippen LogP contribution is -2.40. The molecule has 0 aliphatic carbocycles. The number of fused-ring (bicyclic) bond motifs is 1. The Balaban J connectivity index is 1.10. The fourth-order valence-corrected chi connectivity index (χ4v) is 6.04. The molecule has 1 aliphatic rings. The highest BCUT2D eigenvalue weighted by Gasteiger charge is 2.23. The van der Waals surface area contributed by atoms with Gasteiger partial charge >= 0.3 is 0 Å². The number of nitrogens with zero attached hydrogens (tertiary/aromatic N) is 2. The van der Waals surface area contributed by atoms with Gasteiger partial charge in [-0.15, -0.1) is 0 Å². The summed E-state index contributed by atoms with van der Waals surface area (Å²) < 4.78 is 34.9. The van der Waals surface area contributed by atoms with Gasteiger partial charge in [0.15, 0.2) is 0 Å². The van der Waals surface area contributed by atoms with Gasteiger partial charge in [0.05, 0.1) is 5.52 Å². The summed E-state index contributed by atoms with van der Waals surface area (Å²) in [6, 6.07) is 27.4. The van der Waals surface area contributed by atoms with Gasteiger partial charge in [-0.3, -0.25) is 9.88 Å². The van der Waals surface area contributed by atoms with Crippen molar-refractivity contribution in [2.24, 2.45) is 5.92 Å². The number of hydrogen-bond donors (Lipinski definition) is 1. The van der Waals surface area contributed by atoms with Crippen molar-refractivity contribution in [3.05, 3.63) is 91.1 Å². The Morgan fingerprint density at radius 1 is 0.889 bits per heavy atom. The number of ether oxygens (including phenoxy) is 1. The molecule has 1 N–H and O–H groups in total. The lowest BCUT2D eigenvalue weighted by molar-refractivity contribution is 0.156. The molecule has 1 fully saturated rings. The highest BCUT2D eigenvalue weighted by Crippen LogP contribution is 2.29. The maximum absolute atomic E-state index is 13.0. The summed E-state index contributed by atoms with van der Waals surface area (Å²) in [5.74, 6) is 1.22. The average Bonchev–Trinajstić information content (AvgIpc) is 2.93. The summed E-state index contributed by atoms with van der Waals surface area (Å²) in [6.45, 7) is 3.79. The van der Waals surface area contributed by atoms with E-state index in [1.807, 2.05) is 54.6 Å². The largest absolute Gasteiger partial charge is 0.492 e. The Morgan fingerprint density at radius 3 is 2.47 bits per heavy atom. The number of benzene rings is 3. The summed E-state index contributed by atoms with van der Waals surface area (Å²) >= 11 is 0. The molecule has 0 amide bonds. The molecule has 3 aromatic carbocycles. The Morgan fingerprint density at radius 2 is 1.64 bits per heavy atom. The zero-order valence-corrected chi connectivity index (χ0v) is 21.0. The quantitative estimate of drug-likeness (QED) is 0.351. The predicted octanol–water partition coefficient (Wildman–Crippen LogP) is 4.97. The Labute approximate surface area is 213 Å². The van der Waals surface area contributed by atoms with Crippen LogP contribution in [0, 0.1) is 5.92 Å². The highest BCUT2D eigenvalue weighted by atomic mass is 32.2. The first kappa shape index (κ1) is 24.4. The molecular weight excluding hydrogens is 470 g/mol. The molecule has 5 rings (SSSR count). The van der Waals surface area contributed by atoms with Gasteiger partial charge in [0, 0.05) is 30.2 Å². The summed E-state index contributed by atoms with van der Waals surface area (Å²) in [6.07, 6.45) is 3.54. The molecule has 0 spiro atoms. The minimum Gasteiger partial charge on any atom is -0.492 e. The minimum absolute atomic E-state index is 0.242. The molecule has 186 valence electrons. The maximum Gasteiger partial charge on any atom is 0.242 e. The monoisotopic (exact) mass is 501 g/mol. The summed E-state index contributed by atoms with van der Waals surface area (Å²) in [7, 11) is -3.62. The van der Waals surface area contributed by atoms with Crippen LogP contribution in [0.1, 0.15) is 12.8 Å². The summed E-state index contributed by atoms with van der Waals surface area (Å²) in [5, 5.41) is 0.822. The second kappa shape index (κ2) is 11.2. The molecule has 4 aromatic rings. The van der Waals surface area contributed by atoms with E-state index in [1.165, 1.54) is 0 Å². The van der Waals surface area contributed by atoms with Crippen LogP contribution in [0.5, 0.6) is 5.75 Å². The SMILES string of the molecule is O=S(=O)(NCC1CCN(CCOc2ccccc2-c2ccccc2)CC1)c1cccc2cccnc12. The lowest BCUT2D eigenvalue weighted by Gasteiger charge is -2.32. The highest BCUT2D eigenvalue weighted by molar-refractivity contribution is 7.89. The van der Waals surface area contributed by atoms with Crippen LogP contribution >= 0.6 is 0 Å². The zero-order valence-electron chi connectivity index (χ0n) is 20.2. The van der Waals surface area contributed by atoms with Crippen molar-refractivity contribution in [3.63, 3.8) is 0 Å². The fourth-order valence-electron chi connectivity index (χ4n) is 4.75. The van der Waals surface area contributed by atoms with Gasteiger partial charge in [0.2, 0.25) is 10.0 Å². The zero-order chi connectivity index (χ0) is 24.8. The number of para-hydroxylation sites is 2. The number of sulfonamides is 1. The third kappa shape index (κ3) is 5.75. The molecule has 0 atom stereocenters. The van der Waals surface area contributed by atoms with Crippen molar-refractivity contribution in [2.45, 2.75) is 17.7 Å². The number of likely N-dealkylation sites (tertiary alicyclic amines) is 1. The first-order chi connectivity index (χ1) is 17.6. The van der Waals surface area contributed by atoms with Gasteiger partial charge < -0.3 is 4.74 Å². The molecule has 6 nitrogen and oxygen atoms in total. The number of pyridine rings is 1. The van der Waals surface area contributed by atoms with E-state index in [1.54, 1.807) is 18.3 Å². The number of rotatable bonds is 9. The van der Waals surface area contributed by atoms with Crippen molar-refractivity contribution in [1.82, 2.24) is 14.6 Å². The van der Waals surface area contributed by atoms with Crippen LogP contribution < -0.4 is 9.46 Å². The molecule has 0 bridgehead atoms. The first-order valence-electron chi connectivity index (χ1n) is 12.4. The topological polar surface area (TPSA) is 71.5 Å². The van der Waals surface area contributed by atoms with Crippen molar-refractivity contribution in [2.75, 3.05) is 32.8 Å². The van der Waals surface area contributed by atoms with E-state index in [-0.39, 0.29) is 4.90 Å². The van der Waals surface area contributed by atoms with Crippen molar-refractivity contribution in [3.8, 4) is 16.9 Å². The second-order valence-electron chi connectivity index (χ2n) is 9.18. The van der Waals surface area contributed by atoms with E-state index in [2.05, 4.69) is 32.8 Å². The van der Waals surface area contributed by atoms with Gasteiger partial charge in [0.25, 0.3) is 0 Å². The third-order valence-electron chi connectivity index (χ3n) is 6.79. The van der Waals surface area contributed by atoms with E-state index < -0.39 is 10.0 Å². The van der Waals surface area contributed by atoms with Crippen LogP contribution in [0.2, 0.25) is 0 Å². The second-order valence-corrected chi connectivity index (χ2v) is 10.9. The number of nitrogens with one attached hydrogen (secondary N) is 1. The van der Waals surface area contributed by atoms with E-state index in [4.69, 9.17) is 4.74 Å². The lowest BCUT2D eigenvalue weighted by atomic mass is 9.97. The Kier molecular flexibility index (Phi) is 7.60. The van der Waals surface area contributed by atoms with E-state index in [0.29, 0.717) is 24.6 Å². The van der Waals surface area contributed by atoms with E-state index >= 15 is 0 Å². The average molecular weight is 502 g/mol. The van der Waals surface area contributed by atoms with Crippen molar-refractivity contribution >= 4 is 20.9 Å². The number of piperidine rings is 1. The number of hydrogen-bond acceptors (Lipinski definition) is 5. The summed E-state index contributed by atoms with van der Waals surface area (Å²) in [4.78, 5) is 6.92. The van der Waals surface area contributed by atoms with Crippen molar-refractivity contribution in [1.29, 1.82) is 0 Å². The van der Waals surface area contributed by atoms with Gasteiger partial charge in [-0.2, -0.15) is 0 Å². The van der Waals surface area contributed by atoms with Crippen LogP contribution in [0.3, 0.4) is 0 Å². The first-order valence-corrected chi connectivity index (χ1v) is 13.9. The molecule has 0 saturated carbocycles. The van der Waals surface area contributed by atoms with E-state index in [9.17, 15) is 8.42 Å². The fraction of sp³-hybridized carbons (Fsp3) is 0.276. The molecule has 36 heavy (non-hydrogen) atoms. The predicted molar refractivity (Wildman–Crippen MR) is 143 cm³/mol. The molecule has 7 heteroatoms. The molecule has 0 unspecified atom stereocenters. The van der Waals surface area contributed by atoms with Gasteiger partial charge in [-0.25, -0.2) is 13.1 Å². The van der Waals surface area contributed by atoms with Gasteiger partial charge in [-0.1, -0.05) is 66.7 Å². The standard InChI is InChI=1S/C29H31N3O3S/c33-36(34,28-14-6-10-25-11-7-17-30-29(25)28)31-22-23-15-18-32(19-16-23)20-21-35-27-13-5-4-12-26(27)24-8-2-1-3-9-24/h1-14,17,23,31H,15-16,18-22H2. The number of aromatic nitrogens is 1. The molecule has 2 heterocycles.